The molecular weight excluding hydrogens is 290 g/mol. The molecule has 108 valence electrons. The summed E-state index contributed by atoms with van der Waals surface area (Å²) in [4.78, 5) is 0. The zero-order chi connectivity index (χ0) is 15.4. The first kappa shape index (κ1) is 14.4. The number of benzene rings is 3. The third-order valence-electron chi connectivity index (χ3n) is 3.55. The number of rotatable bonds is 3. The van der Waals surface area contributed by atoms with E-state index in [0.717, 1.165) is 33.0 Å². The third kappa shape index (κ3) is 3.05. The lowest BCUT2D eigenvalue weighted by atomic mass is 9.93. The molecule has 3 aromatic carbocycles. The van der Waals surface area contributed by atoms with E-state index in [2.05, 4.69) is 12.1 Å². The molecule has 2 heteroatoms. The summed E-state index contributed by atoms with van der Waals surface area (Å²) in [6.07, 6.45) is 0. The maximum absolute atomic E-state index is 6.49. The molecule has 0 radical (unpaired) electrons. The first-order chi connectivity index (χ1) is 10.8. The van der Waals surface area contributed by atoms with E-state index in [1.807, 2.05) is 72.8 Å². The first-order valence-corrected chi connectivity index (χ1v) is 7.50. The Kier molecular flexibility index (Phi) is 4.27. The molecule has 0 unspecified atom stereocenters. The Hall–Kier alpha value is -2.51. The molecule has 3 rings (SSSR count). The van der Waals surface area contributed by atoms with Crippen LogP contribution in [0.5, 0.6) is 0 Å². The average Bonchev–Trinajstić information content (AvgIpc) is 2.58. The molecule has 0 aliphatic rings. The van der Waals surface area contributed by atoms with E-state index in [1.165, 1.54) is 0 Å². The predicted octanol–water partition coefficient (Wildman–Crippen LogP) is 5.22. The third-order valence-corrected chi connectivity index (χ3v) is 3.80. The van der Waals surface area contributed by atoms with Crippen LogP contribution in [0.2, 0.25) is 5.02 Å². The lowest BCUT2D eigenvalue weighted by molar-refractivity contribution is 1.47. The Morgan fingerprint density at radius 2 is 1.05 bits per heavy atom. The van der Waals surface area contributed by atoms with Crippen molar-refractivity contribution in [2.24, 2.45) is 5.73 Å². The summed E-state index contributed by atoms with van der Waals surface area (Å²) in [5.41, 5.74) is 11.4. The van der Waals surface area contributed by atoms with Crippen LogP contribution < -0.4 is 5.73 Å². The minimum atomic E-state index is 0.717. The Morgan fingerprint density at radius 3 is 1.59 bits per heavy atom. The summed E-state index contributed by atoms with van der Waals surface area (Å²) in [6, 6.07) is 28.0. The number of hydrogen-bond acceptors (Lipinski definition) is 1. The van der Waals surface area contributed by atoms with Crippen LogP contribution >= 0.6 is 11.6 Å². The molecule has 0 bridgehead atoms. The van der Waals surface area contributed by atoms with E-state index in [0.29, 0.717) is 0 Å². The van der Waals surface area contributed by atoms with Crippen molar-refractivity contribution in [2.75, 3.05) is 0 Å². The fourth-order valence-electron chi connectivity index (χ4n) is 2.46. The zero-order valence-electron chi connectivity index (χ0n) is 12.0. The lowest BCUT2D eigenvalue weighted by Gasteiger charge is -2.13. The van der Waals surface area contributed by atoms with Gasteiger partial charge in [-0.15, -0.1) is 0 Å². The van der Waals surface area contributed by atoms with Crippen molar-refractivity contribution < 1.29 is 0 Å². The SMILES string of the molecule is NC(=C(c1ccccc1)c1ccc(Cl)cc1)c1ccccc1. The molecule has 0 spiro atoms. The van der Waals surface area contributed by atoms with Crippen molar-refractivity contribution in [2.45, 2.75) is 0 Å². The number of nitrogens with two attached hydrogens (primary N) is 1. The van der Waals surface area contributed by atoms with Crippen LogP contribution in [-0.2, 0) is 0 Å². The van der Waals surface area contributed by atoms with E-state index in [9.17, 15) is 0 Å². The average molecular weight is 306 g/mol. The van der Waals surface area contributed by atoms with E-state index >= 15 is 0 Å². The van der Waals surface area contributed by atoms with Crippen molar-refractivity contribution in [1.82, 2.24) is 0 Å². The molecule has 2 N–H and O–H groups in total. The Bertz CT molecular complexity index is 775. The molecule has 0 aliphatic heterocycles. The van der Waals surface area contributed by atoms with Crippen LogP contribution in [0, 0.1) is 0 Å². The lowest BCUT2D eigenvalue weighted by Crippen LogP contribution is -2.02. The summed E-state index contributed by atoms with van der Waals surface area (Å²) < 4.78 is 0. The highest BCUT2D eigenvalue weighted by Gasteiger charge is 2.11. The van der Waals surface area contributed by atoms with Crippen molar-refractivity contribution >= 4 is 22.9 Å². The van der Waals surface area contributed by atoms with Gasteiger partial charge in [-0.25, -0.2) is 0 Å². The van der Waals surface area contributed by atoms with Gasteiger partial charge in [-0.3, -0.25) is 0 Å². The number of halogens is 1. The fraction of sp³-hybridized carbons (Fsp3) is 0. The van der Waals surface area contributed by atoms with Gasteiger partial charge in [-0.1, -0.05) is 84.4 Å². The van der Waals surface area contributed by atoms with Gasteiger partial charge in [-0.2, -0.15) is 0 Å². The monoisotopic (exact) mass is 305 g/mol. The van der Waals surface area contributed by atoms with Gasteiger partial charge in [0.15, 0.2) is 0 Å². The van der Waals surface area contributed by atoms with Gasteiger partial charge in [0, 0.05) is 16.3 Å². The topological polar surface area (TPSA) is 26.0 Å². The highest BCUT2D eigenvalue weighted by Crippen LogP contribution is 2.30. The van der Waals surface area contributed by atoms with E-state index in [-0.39, 0.29) is 0 Å². The second-order valence-corrected chi connectivity index (χ2v) is 5.46. The molecule has 22 heavy (non-hydrogen) atoms. The second-order valence-electron chi connectivity index (χ2n) is 5.03. The summed E-state index contributed by atoms with van der Waals surface area (Å²) in [5.74, 6) is 0. The van der Waals surface area contributed by atoms with Crippen LogP contribution in [0.3, 0.4) is 0 Å². The Morgan fingerprint density at radius 1 is 0.591 bits per heavy atom. The molecule has 0 saturated carbocycles. The number of hydrogen-bond donors (Lipinski definition) is 1. The van der Waals surface area contributed by atoms with Crippen LogP contribution in [0.15, 0.2) is 84.9 Å². The van der Waals surface area contributed by atoms with Gasteiger partial charge in [0.25, 0.3) is 0 Å². The normalized spacial score (nSPS) is 11.9. The van der Waals surface area contributed by atoms with E-state index in [1.54, 1.807) is 0 Å². The molecule has 0 heterocycles. The second kappa shape index (κ2) is 6.50. The Labute approximate surface area is 135 Å². The van der Waals surface area contributed by atoms with Crippen molar-refractivity contribution in [3.63, 3.8) is 0 Å². The highest BCUT2D eigenvalue weighted by molar-refractivity contribution is 6.30. The summed E-state index contributed by atoms with van der Waals surface area (Å²) in [7, 11) is 0. The minimum Gasteiger partial charge on any atom is -0.398 e. The molecule has 1 nitrogen and oxygen atoms in total. The quantitative estimate of drug-likeness (QED) is 0.660. The van der Waals surface area contributed by atoms with Crippen LogP contribution in [-0.4, -0.2) is 0 Å². The smallest absolute Gasteiger partial charge is 0.0473 e. The summed E-state index contributed by atoms with van der Waals surface area (Å²) in [5, 5.41) is 0.717. The molecule has 0 saturated heterocycles. The highest BCUT2D eigenvalue weighted by atomic mass is 35.5. The molecule has 0 aromatic heterocycles. The van der Waals surface area contributed by atoms with Crippen molar-refractivity contribution in [3.8, 4) is 0 Å². The maximum atomic E-state index is 6.49. The van der Waals surface area contributed by atoms with Gasteiger partial charge >= 0.3 is 0 Å². The van der Waals surface area contributed by atoms with Gasteiger partial charge in [-0.05, 0) is 28.8 Å². The standard InChI is InChI=1S/C20H16ClN/c21-18-13-11-16(12-14-18)19(15-7-3-1-4-8-15)20(22)17-9-5-2-6-10-17/h1-14H,22H2. The maximum Gasteiger partial charge on any atom is 0.0473 e. The summed E-state index contributed by atoms with van der Waals surface area (Å²) in [6.45, 7) is 0. The molecule has 0 fully saturated rings. The van der Waals surface area contributed by atoms with Crippen molar-refractivity contribution in [1.29, 1.82) is 0 Å². The van der Waals surface area contributed by atoms with Gasteiger partial charge < -0.3 is 5.73 Å². The fourth-order valence-corrected chi connectivity index (χ4v) is 2.59. The molecule has 0 atom stereocenters. The van der Waals surface area contributed by atoms with Crippen LogP contribution in [0.4, 0.5) is 0 Å². The van der Waals surface area contributed by atoms with E-state index < -0.39 is 0 Å². The first-order valence-electron chi connectivity index (χ1n) is 7.12. The molecule has 0 amide bonds. The molecule has 3 aromatic rings. The molecular formula is C20H16ClN. The Balaban J connectivity index is 2.21. The van der Waals surface area contributed by atoms with Gasteiger partial charge in [0.05, 0.1) is 0 Å². The molecule has 0 aliphatic carbocycles. The van der Waals surface area contributed by atoms with Gasteiger partial charge in [0.1, 0.15) is 0 Å². The zero-order valence-corrected chi connectivity index (χ0v) is 12.8. The van der Waals surface area contributed by atoms with E-state index in [4.69, 9.17) is 17.3 Å². The van der Waals surface area contributed by atoms with Crippen LogP contribution in [0.25, 0.3) is 11.3 Å². The summed E-state index contributed by atoms with van der Waals surface area (Å²) >= 11 is 6.01. The van der Waals surface area contributed by atoms with Crippen molar-refractivity contribution in [3.05, 3.63) is 107 Å². The largest absolute Gasteiger partial charge is 0.398 e. The minimum absolute atomic E-state index is 0.717. The predicted molar refractivity (Wildman–Crippen MR) is 94.4 cm³/mol. The van der Waals surface area contributed by atoms with Gasteiger partial charge in [0.2, 0.25) is 0 Å². The van der Waals surface area contributed by atoms with Crippen LogP contribution in [0.1, 0.15) is 16.7 Å².